The molecule has 3 aromatic rings. The molecule has 3 atom stereocenters. The summed E-state index contributed by atoms with van der Waals surface area (Å²) in [7, 11) is 0.131. The Hall–Kier alpha value is -2.39. The molecule has 5 heteroatoms. The summed E-state index contributed by atoms with van der Waals surface area (Å²) in [6.07, 6.45) is -0.780. The summed E-state index contributed by atoms with van der Waals surface area (Å²) in [4.78, 5) is 0. The van der Waals surface area contributed by atoms with Crippen LogP contribution in [0.15, 0.2) is 84.9 Å². The number of aliphatic hydroxyl groups is 1. The van der Waals surface area contributed by atoms with E-state index in [0.29, 0.717) is 16.4 Å². The molecule has 0 aliphatic carbocycles. The van der Waals surface area contributed by atoms with Crippen molar-refractivity contribution >= 4 is 17.9 Å². The average Bonchev–Trinajstić information content (AvgIpc) is 2.78. The molecule has 0 saturated carbocycles. The van der Waals surface area contributed by atoms with Crippen LogP contribution >= 0.6 is 7.29 Å². The number of methoxy groups -OCH3 is 1. The Morgan fingerprint density at radius 2 is 1.43 bits per heavy atom. The third-order valence-corrected chi connectivity index (χ3v) is 8.42. The van der Waals surface area contributed by atoms with Crippen LogP contribution in [0, 0.1) is 0 Å². The van der Waals surface area contributed by atoms with Gasteiger partial charge in [-0.05, 0) is 43.8 Å². The maximum atomic E-state index is 14.6. The highest BCUT2D eigenvalue weighted by Crippen LogP contribution is 2.51. The minimum absolute atomic E-state index is 0.390. The van der Waals surface area contributed by atoms with E-state index in [-0.39, 0.29) is 0 Å². The van der Waals surface area contributed by atoms with Gasteiger partial charge in [0.15, 0.2) is 0 Å². The minimum Gasteiger partial charge on any atom is -0.496 e. The van der Waals surface area contributed by atoms with E-state index in [4.69, 9.17) is 4.74 Å². The lowest BCUT2D eigenvalue weighted by molar-refractivity contribution is 0.108. The molecule has 0 unspecified atom stereocenters. The molecule has 146 valence electrons. The van der Waals surface area contributed by atoms with Gasteiger partial charge in [-0.3, -0.25) is 4.57 Å². The SMILES string of the molecule is COc1ccccc1[P@@](=O)(c1ccccc1)N(C)[C@@H](C)[C@H](O)c1ccccc1. The molecule has 0 aliphatic heterocycles. The van der Waals surface area contributed by atoms with Gasteiger partial charge in [0, 0.05) is 11.3 Å². The highest BCUT2D eigenvalue weighted by atomic mass is 31.2. The maximum absolute atomic E-state index is 14.6. The van der Waals surface area contributed by atoms with Crippen LogP contribution in [-0.2, 0) is 4.57 Å². The number of benzene rings is 3. The van der Waals surface area contributed by atoms with Crippen LogP contribution in [-0.4, -0.2) is 30.0 Å². The van der Waals surface area contributed by atoms with E-state index in [2.05, 4.69) is 0 Å². The van der Waals surface area contributed by atoms with Gasteiger partial charge in [-0.15, -0.1) is 0 Å². The lowest BCUT2D eigenvalue weighted by Gasteiger charge is -2.36. The topological polar surface area (TPSA) is 49.8 Å². The summed E-state index contributed by atoms with van der Waals surface area (Å²) < 4.78 is 21.9. The van der Waals surface area contributed by atoms with Crippen molar-refractivity contribution in [2.75, 3.05) is 14.2 Å². The lowest BCUT2D eigenvalue weighted by Crippen LogP contribution is -2.39. The smallest absolute Gasteiger partial charge is 0.210 e. The first-order valence-electron chi connectivity index (χ1n) is 9.25. The summed E-state index contributed by atoms with van der Waals surface area (Å²) in [5.74, 6) is 0.572. The molecule has 28 heavy (non-hydrogen) atoms. The molecule has 0 radical (unpaired) electrons. The van der Waals surface area contributed by atoms with Crippen LogP contribution < -0.4 is 15.3 Å². The number of ether oxygens (including phenoxy) is 1. The largest absolute Gasteiger partial charge is 0.496 e. The van der Waals surface area contributed by atoms with Gasteiger partial charge in [-0.25, -0.2) is 4.67 Å². The number of hydrogen-bond acceptors (Lipinski definition) is 3. The zero-order valence-electron chi connectivity index (χ0n) is 16.4. The van der Waals surface area contributed by atoms with Crippen LogP contribution in [0.4, 0.5) is 0 Å². The Kier molecular flexibility index (Phi) is 6.35. The highest BCUT2D eigenvalue weighted by molar-refractivity contribution is 7.76. The van der Waals surface area contributed by atoms with Gasteiger partial charge < -0.3 is 9.84 Å². The van der Waals surface area contributed by atoms with Crippen LogP contribution in [0.2, 0.25) is 0 Å². The second kappa shape index (κ2) is 8.74. The van der Waals surface area contributed by atoms with Crippen LogP contribution in [0.1, 0.15) is 18.6 Å². The second-order valence-corrected chi connectivity index (χ2v) is 9.53. The van der Waals surface area contributed by atoms with Crippen molar-refractivity contribution in [3.8, 4) is 5.75 Å². The van der Waals surface area contributed by atoms with Gasteiger partial charge in [0.25, 0.3) is 0 Å². The number of aliphatic hydroxyl groups excluding tert-OH is 1. The molecule has 0 saturated heterocycles. The van der Waals surface area contributed by atoms with Gasteiger partial charge in [-0.2, -0.15) is 0 Å². The van der Waals surface area contributed by atoms with E-state index >= 15 is 0 Å². The van der Waals surface area contributed by atoms with Crippen molar-refractivity contribution in [3.63, 3.8) is 0 Å². The molecule has 3 aromatic carbocycles. The van der Waals surface area contributed by atoms with Gasteiger partial charge in [0.05, 0.1) is 18.5 Å². The summed E-state index contributed by atoms with van der Waals surface area (Å²) in [6.45, 7) is 1.89. The Labute approximate surface area is 166 Å². The molecule has 0 amide bonds. The minimum atomic E-state index is -3.25. The van der Waals surface area contributed by atoms with E-state index in [1.54, 1.807) is 18.8 Å². The molecule has 4 nitrogen and oxygen atoms in total. The van der Waals surface area contributed by atoms with Crippen molar-refractivity contribution in [1.82, 2.24) is 4.67 Å². The zero-order chi connectivity index (χ0) is 20.1. The molecule has 0 fully saturated rings. The maximum Gasteiger partial charge on any atom is 0.210 e. The molecule has 1 N–H and O–H groups in total. The van der Waals surface area contributed by atoms with E-state index in [9.17, 15) is 9.67 Å². The standard InChI is InChI=1S/C23H26NO3P/c1-18(23(25)19-12-6-4-7-13-19)24(2)28(26,20-14-8-5-9-15-20)22-17-11-10-16-21(22)27-3/h4-18,23,25H,1-3H3/t18-,23-,28-/m0/s1. The molecule has 0 aromatic heterocycles. The van der Waals surface area contributed by atoms with Crippen molar-refractivity contribution in [3.05, 3.63) is 90.5 Å². The predicted molar refractivity (Wildman–Crippen MR) is 115 cm³/mol. The Morgan fingerprint density at radius 3 is 2.04 bits per heavy atom. The normalized spacial score (nSPS) is 15.6. The Balaban J connectivity index is 2.11. The van der Waals surface area contributed by atoms with Gasteiger partial charge >= 0.3 is 0 Å². The van der Waals surface area contributed by atoms with Crippen molar-refractivity contribution in [2.24, 2.45) is 0 Å². The van der Waals surface area contributed by atoms with Crippen LogP contribution in [0.3, 0.4) is 0 Å². The summed E-state index contributed by atoms with van der Waals surface area (Å²) in [5, 5.41) is 12.3. The van der Waals surface area contributed by atoms with Crippen molar-refractivity contribution in [2.45, 2.75) is 19.1 Å². The van der Waals surface area contributed by atoms with Gasteiger partial charge in [-0.1, -0.05) is 60.7 Å². The van der Waals surface area contributed by atoms with E-state index < -0.39 is 19.4 Å². The van der Waals surface area contributed by atoms with Crippen molar-refractivity contribution < 1.29 is 14.4 Å². The predicted octanol–water partition coefficient (Wildman–Crippen LogP) is 3.98. The summed E-state index contributed by atoms with van der Waals surface area (Å²) >= 11 is 0. The fourth-order valence-electron chi connectivity index (χ4n) is 3.39. The molecular formula is C23H26NO3P. The first kappa shape index (κ1) is 20.3. The molecule has 0 aliphatic rings. The van der Waals surface area contributed by atoms with Gasteiger partial charge in [0.1, 0.15) is 5.75 Å². The Bertz CT molecular complexity index is 946. The van der Waals surface area contributed by atoms with Crippen LogP contribution in [0.5, 0.6) is 5.75 Å². The number of likely N-dealkylation sites (N-methyl/N-ethyl adjacent to an activating group) is 1. The zero-order valence-corrected chi connectivity index (χ0v) is 17.3. The molecule has 0 spiro atoms. The Morgan fingerprint density at radius 1 is 0.893 bits per heavy atom. The third-order valence-electron chi connectivity index (χ3n) is 5.15. The van der Waals surface area contributed by atoms with E-state index in [0.717, 1.165) is 5.56 Å². The van der Waals surface area contributed by atoms with Crippen LogP contribution in [0.25, 0.3) is 0 Å². The number of nitrogens with zero attached hydrogens (tertiary/aromatic N) is 1. The number of hydrogen-bond donors (Lipinski definition) is 1. The fraction of sp³-hybridized carbons (Fsp3) is 0.217. The first-order chi connectivity index (χ1) is 13.5. The van der Waals surface area contributed by atoms with Crippen molar-refractivity contribution in [1.29, 1.82) is 0 Å². The highest BCUT2D eigenvalue weighted by Gasteiger charge is 2.39. The first-order valence-corrected chi connectivity index (χ1v) is 10.9. The molecule has 0 bridgehead atoms. The van der Waals surface area contributed by atoms with Gasteiger partial charge in [0.2, 0.25) is 7.29 Å². The summed E-state index contributed by atoms with van der Waals surface area (Å²) in [5.41, 5.74) is 0.793. The molecular weight excluding hydrogens is 369 g/mol. The fourth-order valence-corrected chi connectivity index (χ4v) is 6.34. The second-order valence-electron chi connectivity index (χ2n) is 6.75. The molecule has 3 rings (SSSR count). The number of para-hydroxylation sites is 1. The van der Waals surface area contributed by atoms with E-state index in [1.165, 1.54) is 0 Å². The molecule has 0 heterocycles. The monoisotopic (exact) mass is 395 g/mol. The third kappa shape index (κ3) is 3.77. The number of rotatable bonds is 7. The average molecular weight is 395 g/mol. The quantitative estimate of drug-likeness (QED) is 0.615. The lowest BCUT2D eigenvalue weighted by atomic mass is 10.0. The summed E-state index contributed by atoms with van der Waals surface area (Å²) in [6, 6.07) is 25.8. The van der Waals surface area contributed by atoms with E-state index in [1.807, 2.05) is 91.9 Å².